The summed E-state index contributed by atoms with van der Waals surface area (Å²) >= 11 is 0. The molecule has 4 aliphatic rings. The number of amides is 1. The van der Waals surface area contributed by atoms with Crippen LogP contribution in [0.1, 0.15) is 58.4 Å². The molecule has 2 unspecified atom stereocenters. The topological polar surface area (TPSA) is 114 Å². The number of benzene rings is 2. The molecule has 2 aromatic carbocycles. The lowest BCUT2D eigenvalue weighted by Crippen LogP contribution is -2.57. The maximum atomic E-state index is 17.3. The van der Waals surface area contributed by atoms with Gasteiger partial charge in [-0.25, -0.2) is 13.6 Å². The average molecular weight is 770 g/mol. The Balaban J connectivity index is 1.17. The summed E-state index contributed by atoms with van der Waals surface area (Å²) in [6, 6.07) is 5.92. The monoisotopic (exact) mass is 769 g/mol. The van der Waals surface area contributed by atoms with Gasteiger partial charge in [0.2, 0.25) is 0 Å². The normalized spacial score (nSPS) is 22.6. The maximum Gasteiger partial charge on any atom is 0.410 e. The molecule has 4 fully saturated rings. The standard InChI is InChI=1S/C42H49F2N7O5/c1-6-30-33(43)11-8-26-18-29(55-25-53-5)19-31(34(26)30)36-35(44)37-32(20-46-36)38(50-21-27-9-10-28(22-50)51(27)40(52)56-41(2,3)4)48-39(47-37)54-17-16-49-15-13-42(24-49)12-7-14-45-23-42/h1,8,11,18-20,27-28,45H,7,9-10,12-17,21-25H2,2-5H3/t27?,28?,42-/m1/s1. The number of piperidine rings is 1. The van der Waals surface area contributed by atoms with Crippen LogP contribution in [0.25, 0.3) is 32.9 Å². The van der Waals surface area contributed by atoms with Gasteiger partial charge < -0.3 is 29.2 Å². The van der Waals surface area contributed by atoms with Crippen LogP contribution in [0.4, 0.5) is 19.4 Å². The van der Waals surface area contributed by atoms with E-state index < -0.39 is 17.2 Å². The van der Waals surface area contributed by atoms with Crippen molar-refractivity contribution in [3.8, 4) is 35.4 Å². The van der Waals surface area contributed by atoms with Gasteiger partial charge in [-0.05, 0) is 95.0 Å². The molecule has 2 aromatic heterocycles. The second-order valence-corrected chi connectivity index (χ2v) is 16.5. The summed E-state index contributed by atoms with van der Waals surface area (Å²) in [5.41, 5.74) is -0.180. The fraction of sp³-hybridized carbons (Fsp3) is 0.524. The van der Waals surface area contributed by atoms with Gasteiger partial charge in [0.05, 0.1) is 23.0 Å². The van der Waals surface area contributed by atoms with Crippen LogP contribution in [0.5, 0.6) is 11.8 Å². The molecule has 56 heavy (non-hydrogen) atoms. The molecule has 3 atom stereocenters. The second kappa shape index (κ2) is 15.2. The fourth-order valence-corrected chi connectivity index (χ4v) is 9.02. The third-order valence-corrected chi connectivity index (χ3v) is 11.5. The van der Waals surface area contributed by atoms with E-state index in [-0.39, 0.29) is 53.3 Å². The molecule has 0 radical (unpaired) electrons. The van der Waals surface area contributed by atoms with Crippen molar-refractivity contribution >= 4 is 33.6 Å². The van der Waals surface area contributed by atoms with Crippen LogP contribution >= 0.6 is 0 Å². The van der Waals surface area contributed by atoms with E-state index in [9.17, 15) is 4.79 Å². The van der Waals surface area contributed by atoms with Crippen molar-refractivity contribution in [2.75, 3.05) is 71.2 Å². The number of piperazine rings is 1. The number of rotatable bonds is 9. The van der Waals surface area contributed by atoms with E-state index in [1.165, 1.54) is 26.0 Å². The summed E-state index contributed by atoms with van der Waals surface area (Å²) in [7, 11) is 1.49. The van der Waals surface area contributed by atoms with Crippen molar-refractivity contribution in [3.63, 3.8) is 0 Å². The summed E-state index contributed by atoms with van der Waals surface area (Å²) in [6.07, 6.45) is 12.2. The Morgan fingerprint density at radius 1 is 1.11 bits per heavy atom. The molecule has 1 N–H and O–H groups in total. The summed E-state index contributed by atoms with van der Waals surface area (Å²) in [5, 5.41) is 4.81. The van der Waals surface area contributed by atoms with Gasteiger partial charge >= 0.3 is 12.1 Å². The van der Waals surface area contributed by atoms with Crippen LogP contribution in [0.2, 0.25) is 0 Å². The first kappa shape index (κ1) is 38.1. The van der Waals surface area contributed by atoms with Gasteiger partial charge in [-0.15, -0.1) is 6.42 Å². The number of carbonyl (C=O) groups is 1. The lowest BCUT2D eigenvalue weighted by atomic mass is 9.80. The zero-order valence-corrected chi connectivity index (χ0v) is 32.5. The zero-order chi connectivity index (χ0) is 39.2. The first-order valence-electron chi connectivity index (χ1n) is 19.5. The number of halogens is 2. The van der Waals surface area contributed by atoms with Gasteiger partial charge in [0.15, 0.2) is 12.6 Å². The summed E-state index contributed by atoms with van der Waals surface area (Å²) in [4.78, 5) is 33.8. The largest absolute Gasteiger partial charge is 0.468 e. The molecule has 2 bridgehead atoms. The zero-order valence-electron chi connectivity index (χ0n) is 32.5. The van der Waals surface area contributed by atoms with Gasteiger partial charge in [-0.1, -0.05) is 12.0 Å². The molecule has 14 heteroatoms. The molecule has 0 aliphatic carbocycles. The number of nitrogens with zero attached hydrogens (tertiary/aromatic N) is 6. The van der Waals surface area contributed by atoms with E-state index in [0.29, 0.717) is 59.4 Å². The molecule has 8 rings (SSSR count). The van der Waals surface area contributed by atoms with E-state index in [1.54, 1.807) is 24.4 Å². The number of fused-ring (bicyclic) bond motifs is 4. The highest BCUT2D eigenvalue weighted by molar-refractivity contribution is 6.03. The lowest BCUT2D eigenvalue weighted by Gasteiger charge is -2.42. The third-order valence-electron chi connectivity index (χ3n) is 11.5. The summed E-state index contributed by atoms with van der Waals surface area (Å²) < 4.78 is 55.3. The van der Waals surface area contributed by atoms with E-state index in [0.717, 1.165) is 45.4 Å². The van der Waals surface area contributed by atoms with Crippen molar-refractivity contribution in [2.24, 2.45) is 5.41 Å². The van der Waals surface area contributed by atoms with E-state index in [2.05, 4.69) is 31.0 Å². The number of methoxy groups -OCH3 is 1. The van der Waals surface area contributed by atoms with Gasteiger partial charge in [0, 0.05) is 57.0 Å². The Morgan fingerprint density at radius 2 is 1.91 bits per heavy atom. The van der Waals surface area contributed by atoms with Crippen molar-refractivity contribution < 1.29 is 32.5 Å². The Morgan fingerprint density at radius 3 is 2.62 bits per heavy atom. The van der Waals surface area contributed by atoms with Crippen LogP contribution < -0.4 is 19.7 Å². The molecule has 1 amide bonds. The molecular weight excluding hydrogens is 721 g/mol. The third kappa shape index (κ3) is 7.40. The number of ether oxygens (including phenoxy) is 4. The van der Waals surface area contributed by atoms with Crippen LogP contribution in [-0.4, -0.2) is 115 Å². The number of likely N-dealkylation sites (tertiary alicyclic amines) is 1. The number of anilines is 1. The quantitative estimate of drug-likeness (QED) is 0.157. The first-order valence-corrected chi connectivity index (χ1v) is 19.5. The Hall–Kier alpha value is -4.84. The number of pyridine rings is 1. The van der Waals surface area contributed by atoms with Crippen LogP contribution in [0, 0.1) is 29.4 Å². The summed E-state index contributed by atoms with van der Waals surface area (Å²) in [6.45, 7) is 11.5. The SMILES string of the molecule is C#Cc1c(F)ccc2cc(OCOC)cc(-c3ncc4c(N5CC6CCC(C5)N6C(=O)OC(C)(C)C)nc(OCCN5CC[C@@]6(CCCNC6)C5)nc4c3F)c12. The van der Waals surface area contributed by atoms with Gasteiger partial charge in [0.25, 0.3) is 0 Å². The van der Waals surface area contributed by atoms with Crippen molar-refractivity contribution in [1.29, 1.82) is 0 Å². The smallest absolute Gasteiger partial charge is 0.410 e. The van der Waals surface area contributed by atoms with E-state index in [4.69, 9.17) is 30.4 Å². The number of carbonyl (C=O) groups excluding carboxylic acids is 1. The van der Waals surface area contributed by atoms with E-state index in [1.807, 2.05) is 25.7 Å². The molecule has 12 nitrogen and oxygen atoms in total. The first-order chi connectivity index (χ1) is 27.0. The van der Waals surface area contributed by atoms with Crippen LogP contribution in [0.15, 0.2) is 30.5 Å². The van der Waals surface area contributed by atoms with E-state index >= 15 is 8.78 Å². The second-order valence-electron chi connectivity index (χ2n) is 16.5. The minimum absolute atomic E-state index is 0.000322. The molecule has 4 aromatic rings. The van der Waals surface area contributed by atoms with Gasteiger partial charge in [-0.2, -0.15) is 9.97 Å². The molecule has 6 heterocycles. The molecule has 4 saturated heterocycles. The molecular formula is C42H49F2N7O5. The van der Waals surface area contributed by atoms with Crippen LogP contribution in [-0.2, 0) is 9.47 Å². The number of hydrogen-bond acceptors (Lipinski definition) is 11. The van der Waals surface area contributed by atoms with Gasteiger partial charge in [-0.3, -0.25) is 14.8 Å². The number of aromatic nitrogens is 3. The number of hydrogen-bond donors (Lipinski definition) is 1. The predicted octanol–water partition coefficient (Wildman–Crippen LogP) is 6.13. The molecule has 4 aliphatic heterocycles. The lowest BCUT2D eigenvalue weighted by molar-refractivity contribution is 0.0122. The Kier molecular flexibility index (Phi) is 10.4. The van der Waals surface area contributed by atoms with Crippen molar-refractivity contribution in [2.45, 2.75) is 70.6 Å². The van der Waals surface area contributed by atoms with Gasteiger partial charge in [0.1, 0.15) is 40.8 Å². The molecule has 296 valence electrons. The number of terminal acetylenes is 1. The fourth-order valence-electron chi connectivity index (χ4n) is 9.02. The van der Waals surface area contributed by atoms with Crippen molar-refractivity contribution in [1.82, 2.24) is 30.1 Å². The van der Waals surface area contributed by atoms with Crippen molar-refractivity contribution in [3.05, 3.63) is 47.7 Å². The highest BCUT2D eigenvalue weighted by atomic mass is 19.1. The predicted molar refractivity (Wildman–Crippen MR) is 209 cm³/mol. The van der Waals surface area contributed by atoms with Crippen LogP contribution in [0.3, 0.4) is 0 Å². The highest BCUT2D eigenvalue weighted by Crippen LogP contribution is 2.41. The number of nitrogens with one attached hydrogen (secondary N) is 1. The minimum atomic E-state index is -0.741. The highest BCUT2D eigenvalue weighted by Gasteiger charge is 2.45. The Bertz CT molecular complexity index is 2170. The average Bonchev–Trinajstić information content (AvgIpc) is 3.69. The summed E-state index contributed by atoms with van der Waals surface area (Å²) in [5.74, 6) is 1.92. The Labute approximate surface area is 325 Å². The molecule has 0 saturated carbocycles. The molecule has 1 spiro atoms. The minimum Gasteiger partial charge on any atom is -0.468 e. The maximum absolute atomic E-state index is 17.3.